The van der Waals surface area contributed by atoms with Crippen LogP contribution >= 0.6 is 0 Å². The van der Waals surface area contributed by atoms with Crippen molar-refractivity contribution in [2.45, 2.75) is 44.2 Å². The molecule has 0 radical (unpaired) electrons. The first kappa shape index (κ1) is 12.5. The van der Waals surface area contributed by atoms with E-state index in [1.165, 1.54) is 31.9 Å². The van der Waals surface area contributed by atoms with Crippen molar-refractivity contribution >= 4 is 11.7 Å². The fourth-order valence-electron chi connectivity index (χ4n) is 3.25. The molecule has 104 valence electrons. The molecule has 19 heavy (non-hydrogen) atoms. The van der Waals surface area contributed by atoms with Crippen molar-refractivity contribution in [3.8, 4) is 0 Å². The van der Waals surface area contributed by atoms with Crippen LogP contribution in [0.1, 0.15) is 42.5 Å². The molecule has 1 aromatic rings. The smallest absolute Gasteiger partial charge is 0.256 e. The molecule has 1 aromatic heterocycles. The van der Waals surface area contributed by atoms with Gasteiger partial charge in [0.15, 0.2) is 0 Å². The third kappa shape index (κ3) is 2.58. The van der Waals surface area contributed by atoms with Gasteiger partial charge in [-0.3, -0.25) is 14.8 Å². The van der Waals surface area contributed by atoms with Crippen molar-refractivity contribution in [1.82, 2.24) is 20.4 Å². The first-order valence-corrected chi connectivity index (χ1v) is 7.08. The third-order valence-electron chi connectivity index (χ3n) is 4.31. The second kappa shape index (κ2) is 5.21. The van der Waals surface area contributed by atoms with Crippen LogP contribution in [0.15, 0.2) is 6.20 Å². The molecule has 1 aliphatic heterocycles. The normalized spacial score (nSPS) is 24.9. The summed E-state index contributed by atoms with van der Waals surface area (Å²) in [6.45, 7) is 2.06. The Bertz CT molecular complexity index is 452. The number of nitrogens with two attached hydrogens (primary N) is 1. The number of carbonyl (C=O) groups is 1. The number of likely N-dealkylation sites (tertiary alicyclic amines) is 1. The van der Waals surface area contributed by atoms with Crippen molar-refractivity contribution < 1.29 is 4.79 Å². The van der Waals surface area contributed by atoms with Gasteiger partial charge >= 0.3 is 0 Å². The average molecular weight is 263 g/mol. The van der Waals surface area contributed by atoms with E-state index in [1.807, 2.05) is 0 Å². The molecule has 0 bridgehead atoms. The van der Waals surface area contributed by atoms with Gasteiger partial charge in [0.1, 0.15) is 11.4 Å². The molecule has 1 saturated heterocycles. The molecule has 0 aromatic carbocycles. The minimum Gasteiger partial charge on any atom is -0.383 e. The molecule has 0 spiro atoms. The van der Waals surface area contributed by atoms with E-state index in [0.29, 0.717) is 11.4 Å². The van der Waals surface area contributed by atoms with Crippen LogP contribution < -0.4 is 11.1 Å². The summed E-state index contributed by atoms with van der Waals surface area (Å²) in [5, 5.41) is 9.41. The monoisotopic (exact) mass is 263 g/mol. The maximum Gasteiger partial charge on any atom is 0.256 e. The summed E-state index contributed by atoms with van der Waals surface area (Å²) in [5.41, 5.74) is 6.10. The van der Waals surface area contributed by atoms with Crippen LogP contribution in [0.25, 0.3) is 0 Å². The lowest BCUT2D eigenvalue weighted by molar-refractivity contribution is 0.0937. The molecule has 4 N–H and O–H groups in total. The zero-order valence-corrected chi connectivity index (χ0v) is 11.1. The summed E-state index contributed by atoms with van der Waals surface area (Å²) in [6, 6.07) is 0.975. The van der Waals surface area contributed by atoms with Gasteiger partial charge < -0.3 is 11.1 Å². The van der Waals surface area contributed by atoms with Crippen LogP contribution in [0, 0.1) is 0 Å². The minimum atomic E-state index is -0.121. The van der Waals surface area contributed by atoms with Gasteiger partial charge in [-0.05, 0) is 19.3 Å². The maximum atomic E-state index is 12.0. The van der Waals surface area contributed by atoms with E-state index in [0.717, 1.165) is 25.6 Å². The van der Waals surface area contributed by atoms with Crippen LogP contribution in [-0.4, -0.2) is 46.2 Å². The molecule has 1 atom stereocenters. The zero-order valence-electron chi connectivity index (χ0n) is 11.1. The van der Waals surface area contributed by atoms with E-state index >= 15 is 0 Å². The minimum absolute atomic E-state index is 0.121. The van der Waals surface area contributed by atoms with Crippen LogP contribution in [0.2, 0.25) is 0 Å². The SMILES string of the molecule is Nc1[nH]ncc1C(=O)NC1CCN(C2CCCC2)C1. The van der Waals surface area contributed by atoms with Crippen LogP contribution in [-0.2, 0) is 0 Å². The van der Waals surface area contributed by atoms with Gasteiger partial charge in [0.2, 0.25) is 0 Å². The number of anilines is 1. The van der Waals surface area contributed by atoms with E-state index in [2.05, 4.69) is 20.4 Å². The summed E-state index contributed by atoms with van der Waals surface area (Å²) in [5.74, 6) is 0.215. The van der Waals surface area contributed by atoms with Gasteiger partial charge in [-0.15, -0.1) is 0 Å². The fraction of sp³-hybridized carbons (Fsp3) is 0.692. The highest BCUT2D eigenvalue weighted by molar-refractivity contribution is 5.98. The molecule has 6 heteroatoms. The highest BCUT2D eigenvalue weighted by atomic mass is 16.1. The molecule has 1 aliphatic carbocycles. The van der Waals surface area contributed by atoms with E-state index in [1.54, 1.807) is 0 Å². The molecule has 2 aliphatic rings. The lowest BCUT2D eigenvalue weighted by Gasteiger charge is -2.23. The van der Waals surface area contributed by atoms with Crippen LogP contribution in [0.5, 0.6) is 0 Å². The van der Waals surface area contributed by atoms with Gasteiger partial charge in [0.05, 0.1) is 6.20 Å². The topological polar surface area (TPSA) is 87.0 Å². The molecule has 1 amide bonds. The Labute approximate surface area is 112 Å². The van der Waals surface area contributed by atoms with Crippen molar-refractivity contribution in [2.75, 3.05) is 18.8 Å². The summed E-state index contributed by atoms with van der Waals surface area (Å²) < 4.78 is 0. The van der Waals surface area contributed by atoms with Crippen LogP contribution in [0.4, 0.5) is 5.82 Å². The number of rotatable bonds is 3. The molecule has 6 nitrogen and oxygen atoms in total. The number of amides is 1. The van der Waals surface area contributed by atoms with Crippen molar-refractivity contribution in [3.63, 3.8) is 0 Å². The summed E-state index contributed by atoms with van der Waals surface area (Å²) in [7, 11) is 0. The van der Waals surface area contributed by atoms with E-state index in [9.17, 15) is 4.79 Å². The number of aromatic nitrogens is 2. The van der Waals surface area contributed by atoms with Crippen LogP contribution in [0.3, 0.4) is 0 Å². The Morgan fingerprint density at radius 3 is 2.89 bits per heavy atom. The largest absolute Gasteiger partial charge is 0.383 e. The zero-order chi connectivity index (χ0) is 13.2. The Morgan fingerprint density at radius 1 is 1.42 bits per heavy atom. The predicted molar refractivity (Wildman–Crippen MR) is 72.7 cm³/mol. The Balaban J connectivity index is 1.54. The number of carbonyl (C=O) groups excluding carboxylic acids is 1. The number of hydrogen-bond donors (Lipinski definition) is 3. The van der Waals surface area contributed by atoms with Gasteiger partial charge in [-0.1, -0.05) is 12.8 Å². The van der Waals surface area contributed by atoms with Crippen molar-refractivity contribution in [1.29, 1.82) is 0 Å². The number of aromatic amines is 1. The number of nitrogen functional groups attached to an aromatic ring is 1. The van der Waals surface area contributed by atoms with Gasteiger partial charge in [0.25, 0.3) is 5.91 Å². The Morgan fingerprint density at radius 2 is 2.21 bits per heavy atom. The molecular formula is C13H21N5O. The van der Waals surface area contributed by atoms with Gasteiger partial charge in [0, 0.05) is 25.2 Å². The van der Waals surface area contributed by atoms with Crippen molar-refractivity contribution in [3.05, 3.63) is 11.8 Å². The molecule has 1 unspecified atom stereocenters. The summed E-state index contributed by atoms with van der Waals surface area (Å²) in [6.07, 6.45) is 7.84. The maximum absolute atomic E-state index is 12.0. The first-order valence-electron chi connectivity index (χ1n) is 7.08. The lowest BCUT2D eigenvalue weighted by Crippen LogP contribution is -2.39. The third-order valence-corrected chi connectivity index (χ3v) is 4.31. The van der Waals surface area contributed by atoms with Crippen molar-refractivity contribution in [2.24, 2.45) is 0 Å². The lowest BCUT2D eigenvalue weighted by atomic mass is 10.2. The molecule has 2 fully saturated rings. The number of H-pyrrole nitrogens is 1. The van der Waals surface area contributed by atoms with E-state index in [-0.39, 0.29) is 11.9 Å². The summed E-state index contributed by atoms with van der Waals surface area (Å²) in [4.78, 5) is 14.6. The average Bonchev–Trinajstić information content (AvgIpc) is 3.07. The van der Waals surface area contributed by atoms with E-state index in [4.69, 9.17) is 5.73 Å². The second-order valence-electron chi connectivity index (χ2n) is 5.59. The highest BCUT2D eigenvalue weighted by Gasteiger charge is 2.30. The second-order valence-corrected chi connectivity index (χ2v) is 5.59. The Hall–Kier alpha value is -1.56. The van der Waals surface area contributed by atoms with E-state index < -0.39 is 0 Å². The quantitative estimate of drug-likeness (QED) is 0.750. The van der Waals surface area contributed by atoms with Gasteiger partial charge in [-0.25, -0.2) is 0 Å². The highest BCUT2D eigenvalue weighted by Crippen LogP contribution is 2.26. The predicted octanol–water partition coefficient (Wildman–Crippen LogP) is 0.739. The summed E-state index contributed by atoms with van der Waals surface area (Å²) >= 11 is 0. The Kier molecular flexibility index (Phi) is 3.42. The van der Waals surface area contributed by atoms with Gasteiger partial charge in [-0.2, -0.15) is 5.10 Å². The number of hydrogen-bond acceptors (Lipinski definition) is 4. The number of nitrogens with zero attached hydrogens (tertiary/aromatic N) is 2. The molecule has 1 saturated carbocycles. The fourth-order valence-corrected chi connectivity index (χ4v) is 3.25. The number of nitrogens with one attached hydrogen (secondary N) is 2. The molecule has 3 rings (SSSR count). The molecular weight excluding hydrogens is 242 g/mol. The first-order chi connectivity index (χ1) is 9.24. The standard InChI is InChI=1S/C13H21N5O/c14-12-11(7-15-17-12)13(19)16-9-5-6-18(8-9)10-3-1-2-4-10/h7,9-10H,1-6,8H2,(H,16,19)(H3,14,15,17). The molecule has 2 heterocycles.